The fraction of sp³-hybridized carbons (Fsp3) is 0.552. The third-order valence-electron chi connectivity index (χ3n) is 7.81. The summed E-state index contributed by atoms with van der Waals surface area (Å²) >= 11 is 0. The lowest BCUT2D eigenvalue weighted by Gasteiger charge is -2.48. The van der Waals surface area contributed by atoms with Crippen molar-refractivity contribution in [3.63, 3.8) is 0 Å². The van der Waals surface area contributed by atoms with E-state index in [1.54, 1.807) is 0 Å². The molecule has 2 aromatic rings. The summed E-state index contributed by atoms with van der Waals surface area (Å²) < 4.78 is 6.30. The van der Waals surface area contributed by atoms with Gasteiger partial charge in [0.2, 0.25) is 0 Å². The number of nitriles is 1. The molecule has 3 atom stereocenters. The predicted molar refractivity (Wildman–Crippen MR) is 142 cm³/mol. The van der Waals surface area contributed by atoms with Gasteiger partial charge in [-0.3, -0.25) is 4.79 Å². The Morgan fingerprint density at radius 3 is 2.62 bits per heavy atom. The molecule has 1 fully saturated rings. The Kier molecular flexibility index (Phi) is 7.61. The first-order valence-electron chi connectivity index (χ1n) is 13.0. The van der Waals surface area contributed by atoms with Gasteiger partial charge in [0.05, 0.1) is 17.8 Å². The van der Waals surface area contributed by atoms with Gasteiger partial charge < -0.3 is 25.3 Å². The van der Waals surface area contributed by atoms with Crippen LogP contribution in [0, 0.1) is 16.7 Å². The number of carbonyl (C=O) groups excluding carboxylic acids is 1. The second-order valence-corrected chi connectivity index (χ2v) is 11.8. The summed E-state index contributed by atoms with van der Waals surface area (Å²) in [5.74, 6) is -0.190. The quantitative estimate of drug-likeness (QED) is 0.422. The summed E-state index contributed by atoms with van der Waals surface area (Å²) in [5.41, 5.74) is 3.15. The first kappa shape index (κ1) is 27.1. The van der Waals surface area contributed by atoms with Crippen LogP contribution in [-0.2, 0) is 4.74 Å². The van der Waals surface area contributed by atoms with E-state index in [1.165, 1.54) is 11.8 Å². The number of nitrogens with one attached hydrogen (secondary N) is 2. The predicted octanol–water partition coefficient (Wildman–Crippen LogP) is 4.91. The van der Waals surface area contributed by atoms with E-state index < -0.39 is 17.1 Å². The minimum absolute atomic E-state index is 0.0178. The van der Waals surface area contributed by atoms with Crippen molar-refractivity contribution in [3.8, 4) is 6.07 Å². The van der Waals surface area contributed by atoms with Crippen LogP contribution < -0.4 is 5.32 Å². The van der Waals surface area contributed by atoms with E-state index in [9.17, 15) is 15.0 Å². The zero-order valence-corrected chi connectivity index (χ0v) is 22.2. The summed E-state index contributed by atoms with van der Waals surface area (Å²) in [6.45, 7) is 8.38. The van der Waals surface area contributed by atoms with Crippen molar-refractivity contribution in [1.82, 2.24) is 9.97 Å². The number of hydrogen-bond donors (Lipinski definition) is 4. The van der Waals surface area contributed by atoms with Gasteiger partial charge in [-0.25, -0.2) is 4.98 Å². The number of aromatic amines is 1. The van der Waals surface area contributed by atoms with Crippen LogP contribution in [0.1, 0.15) is 99.6 Å². The third-order valence-corrected chi connectivity index (χ3v) is 7.81. The highest BCUT2D eigenvalue weighted by Gasteiger charge is 2.44. The van der Waals surface area contributed by atoms with Crippen molar-refractivity contribution in [2.75, 3.05) is 18.5 Å². The number of H-pyrrole nitrogens is 1. The molecule has 1 aromatic heterocycles. The van der Waals surface area contributed by atoms with Gasteiger partial charge in [0, 0.05) is 24.1 Å². The first-order valence-corrected chi connectivity index (χ1v) is 13.0. The van der Waals surface area contributed by atoms with Crippen LogP contribution >= 0.6 is 0 Å². The van der Waals surface area contributed by atoms with E-state index in [0.717, 1.165) is 36.8 Å². The minimum atomic E-state index is -0.703. The summed E-state index contributed by atoms with van der Waals surface area (Å²) in [5, 5.41) is 31.8. The molecule has 2 heterocycles. The summed E-state index contributed by atoms with van der Waals surface area (Å²) in [7, 11) is 0. The molecule has 1 aliphatic heterocycles. The van der Waals surface area contributed by atoms with E-state index in [1.807, 2.05) is 32.0 Å². The Morgan fingerprint density at radius 2 is 2.00 bits per heavy atom. The first-order chi connectivity index (χ1) is 17.5. The van der Waals surface area contributed by atoms with Crippen LogP contribution in [-0.4, -0.2) is 50.5 Å². The summed E-state index contributed by atoms with van der Waals surface area (Å²) in [6.07, 6.45) is 8.48. The molecule has 2 aliphatic rings. The maximum Gasteiger partial charge on any atom is 0.291 e. The molecular formula is C29H38N4O4. The monoisotopic (exact) mass is 506 g/mol. The molecule has 4 N–H and O–H groups in total. The molecule has 1 aromatic carbocycles. The van der Waals surface area contributed by atoms with Crippen molar-refractivity contribution in [2.45, 2.75) is 83.3 Å². The van der Waals surface area contributed by atoms with Gasteiger partial charge in [0.15, 0.2) is 11.5 Å². The van der Waals surface area contributed by atoms with E-state index >= 15 is 0 Å². The van der Waals surface area contributed by atoms with E-state index in [2.05, 4.69) is 41.3 Å². The van der Waals surface area contributed by atoms with Gasteiger partial charge in [-0.2, -0.15) is 5.26 Å². The number of imidazole rings is 1. The molecule has 0 spiro atoms. The number of nitrogens with zero attached hydrogens (tertiary/aromatic N) is 2. The zero-order chi connectivity index (χ0) is 26.8. The number of rotatable bonds is 7. The number of hydrogen-bond acceptors (Lipinski definition) is 6. The number of aromatic nitrogens is 2. The van der Waals surface area contributed by atoms with Gasteiger partial charge in [0.25, 0.3) is 5.91 Å². The summed E-state index contributed by atoms with van der Waals surface area (Å²) in [6, 6.07) is 8.06. The molecule has 0 saturated carbocycles. The van der Waals surface area contributed by atoms with E-state index in [0.29, 0.717) is 18.5 Å². The Balaban J connectivity index is 1.70. The Morgan fingerprint density at radius 1 is 1.24 bits per heavy atom. The highest BCUT2D eigenvalue weighted by molar-refractivity contribution is 6.03. The molecule has 0 bridgehead atoms. The molecule has 8 nitrogen and oxygen atoms in total. The maximum atomic E-state index is 12.9. The topological polar surface area (TPSA) is 131 Å². The van der Waals surface area contributed by atoms with Crippen LogP contribution in [0.25, 0.3) is 5.57 Å². The molecule has 0 radical (unpaired) electrons. The van der Waals surface area contributed by atoms with Crippen molar-refractivity contribution in [2.24, 2.45) is 5.41 Å². The standard InChI is InChI=1S/C29H38N4O4/c1-27(2)9-7-19(8-10-27)23-13-20(21-14-28(3,11-12-34)37-29(4,15-21)18-35)5-6-24(23)33-26(36)25-31-17-22(16-30)32-25/h5-7,13,17,21,34-35H,8-12,14-15,18H2,1-4H3,(H,31,32)(H,33,36)/t21-,28+,29?/m0/s1. The number of aliphatic hydroxyl groups is 2. The second kappa shape index (κ2) is 10.4. The van der Waals surface area contributed by atoms with E-state index in [4.69, 9.17) is 10.00 Å². The average Bonchev–Trinajstić information content (AvgIpc) is 3.34. The van der Waals surface area contributed by atoms with E-state index in [-0.39, 0.29) is 36.1 Å². The van der Waals surface area contributed by atoms with Crippen LogP contribution in [0.4, 0.5) is 5.69 Å². The number of benzene rings is 1. The Hall–Kier alpha value is -2.99. The fourth-order valence-electron chi connectivity index (χ4n) is 5.70. The number of anilines is 1. The number of allylic oxidation sites excluding steroid dienone is 2. The third kappa shape index (κ3) is 6.12. The zero-order valence-electron chi connectivity index (χ0n) is 22.2. The molecule has 1 saturated heterocycles. The highest BCUT2D eigenvalue weighted by atomic mass is 16.5. The van der Waals surface area contributed by atoms with Crippen LogP contribution in [0.15, 0.2) is 30.5 Å². The normalized spacial score (nSPS) is 27.3. The van der Waals surface area contributed by atoms with Crippen LogP contribution in [0.3, 0.4) is 0 Å². The average molecular weight is 507 g/mol. The van der Waals surface area contributed by atoms with Crippen molar-refractivity contribution < 1.29 is 19.7 Å². The van der Waals surface area contributed by atoms with Gasteiger partial charge >= 0.3 is 0 Å². The molecule has 37 heavy (non-hydrogen) atoms. The van der Waals surface area contributed by atoms with Gasteiger partial charge in [-0.1, -0.05) is 26.0 Å². The maximum absolute atomic E-state index is 12.9. The fourth-order valence-corrected chi connectivity index (χ4v) is 5.70. The number of carbonyl (C=O) groups is 1. The van der Waals surface area contributed by atoms with Gasteiger partial charge in [-0.15, -0.1) is 0 Å². The van der Waals surface area contributed by atoms with Gasteiger partial charge in [0.1, 0.15) is 6.07 Å². The number of ether oxygens (including phenoxy) is 1. The minimum Gasteiger partial charge on any atom is -0.396 e. The molecule has 4 rings (SSSR count). The van der Waals surface area contributed by atoms with Crippen LogP contribution in [0.5, 0.6) is 0 Å². The highest BCUT2D eigenvalue weighted by Crippen LogP contribution is 2.47. The molecule has 1 amide bonds. The lowest BCUT2D eigenvalue weighted by Crippen LogP contribution is -2.50. The molecular weight excluding hydrogens is 468 g/mol. The lowest BCUT2D eigenvalue weighted by atomic mass is 9.74. The second-order valence-electron chi connectivity index (χ2n) is 11.8. The van der Waals surface area contributed by atoms with Crippen molar-refractivity contribution in [3.05, 3.63) is 53.1 Å². The summed E-state index contributed by atoms with van der Waals surface area (Å²) in [4.78, 5) is 19.7. The molecule has 198 valence electrons. The SMILES string of the molecule is CC1(C)CC=C(c2cc([C@@H]3CC(C)(CO)O[C@](C)(CCO)C3)ccc2NC(=O)c2nc(C#N)c[nH]2)CC1. The molecule has 1 aliphatic carbocycles. The van der Waals surface area contributed by atoms with Crippen molar-refractivity contribution >= 4 is 17.2 Å². The Bertz CT molecular complexity index is 1230. The molecule has 8 heteroatoms. The smallest absolute Gasteiger partial charge is 0.291 e. The van der Waals surface area contributed by atoms with Crippen molar-refractivity contribution in [1.29, 1.82) is 5.26 Å². The number of amides is 1. The number of aliphatic hydroxyl groups excluding tert-OH is 2. The molecule has 1 unspecified atom stereocenters. The Labute approximate surface area is 218 Å². The lowest BCUT2D eigenvalue weighted by molar-refractivity contribution is -0.200. The van der Waals surface area contributed by atoms with Gasteiger partial charge in [-0.05, 0) is 87.0 Å². The van der Waals surface area contributed by atoms with Crippen LogP contribution in [0.2, 0.25) is 0 Å². The largest absolute Gasteiger partial charge is 0.396 e.